The third-order valence-electron chi connectivity index (χ3n) is 2.36. The van der Waals surface area contributed by atoms with Crippen molar-refractivity contribution in [1.29, 1.82) is 0 Å². The van der Waals surface area contributed by atoms with Gasteiger partial charge in [-0.1, -0.05) is 0 Å². The quantitative estimate of drug-likeness (QED) is 0.691. The van der Waals surface area contributed by atoms with Gasteiger partial charge in [0.1, 0.15) is 0 Å². The second kappa shape index (κ2) is 4.49. The number of hydrogen-bond acceptors (Lipinski definition) is 5. The smallest absolute Gasteiger partial charge is 0.308 e. The summed E-state index contributed by atoms with van der Waals surface area (Å²) in [5, 5.41) is 9.92. The van der Waals surface area contributed by atoms with Crippen LogP contribution in [0.4, 0.5) is 0 Å². The van der Waals surface area contributed by atoms with Crippen LogP contribution in [0, 0.1) is 0 Å². The molecule has 1 N–H and O–H groups in total. The lowest BCUT2D eigenvalue weighted by Gasteiger charge is -2.30. The summed E-state index contributed by atoms with van der Waals surface area (Å²) in [5.74, 6) is -0.783. The molecule has 0 aromatic rings. The molecule has 0 aliphatic carbocycles. The van der Waals surface area contributed by atoms with Crippen molar-refractivity contribution in [3.63, 3.8) is 0 Å². The summed E-state index contributed by atoms with van der Waals surface area (Å²) in [4.78, 5) is 11.2. The van der Waals surface area contributed by atoms with Gasteiger partial charge in [-0.25, -0.2) is 8.42 Å². The Bertz CT molecular complexity index is 334. The number of hydrogen-bond donors (Lipinski definition) is 1. The SMILES string of the molecule is CCOC(=O)CC1(O)CCCS(=O)(=O)C1. The molecule has 1 saturated heterocycles. The van der Waals surface area contributed by atoms with Gasteiger partial charge >= 0.3 is 5.97 Å². The maximum atomic E-state index is 11.3. The van der Waals surface area contributed by atoms with Gasteiger partial charge in [-0.15, -0.1) is 0 Å². The number of carbonyl (C=O) groups excluding carboxylic acids is 1. The maximum absolute atomic E-state index is 11.3. The lowest BCUT2D eigenvalue weighted by atomic mass is 9.96. The van der Waals surface area contributed by atoms with Crippen LogP contribution in [-0.2, 0) is 19.4 Å². The van der Waals surface area contributed by atoms with Crippen molar-refractivity contribution in [2.45, 2.75) is 31.8 Å². The molecule has 1 aliphatic rings. The standard InChI is InChI=1S/C9H16O5S/c1-2-14-8(10)6-9(11)4-3-5-15(12,13)7-9/h11H,2-7H2,1H3. The molecule has 5 nitrogen and oxygen atoms in total. The molecule has 1 heterocycles. The highest BCUT2D eigenvalue weighted by Crippen LogP contribution is 2.26. The van der Waals surface area contributed by atoms with Gasteiger partial charge in [-0.2, -0.15) is 0 Å². The molecule has 1 unspecified atom stereocenters. The Morgan fingerprint density at radius 1 is 1.53 bits per heavy atom. The van der Waals surface area contributed by atoms with E-state index in [9.17, 15) is 18.3 Å². The van der Waals surface area contributed by atoms with Crippen LogP contribution >= 0.6 is 0 Å². The highest BCUT2D eigenvalue weighted by Gasteiger charge is 2.39. The second-order valence-corrected chi connectivity index (χ2v) is 6.09. The molecule has 0 saturated carbocycles. The normalized spacial score (nSPS) is 29.7. The molecule has 0 amide bonds. The first-order valence-electron chi connectivity index (χ1n) is 4.95. The predicted molar refractivity (Wildman–Crippen MR) is 54.1 cm³/mol. The second-order valence-electron chi connectivity index (χ2n) is 3.90. The average Bonchev–Trinajstić information content (AvgIpc) is 1.99. The van der Waals surface area contributed by atoms with E-state index in [0.717, 1.165) is 0 Å². The first kappa shape index (κ1) is 12.4. The Labute approximate surface area is 89.3 Å². The summed E-state index contributed by atoms with van der Waals surface area (Å²) in [5.41, 5.74) is -1.43. The van der Waals surface area contributed by atoms with Crippen molar-refractivity contribution < 1.29 is 23.1 Å². The van der Waals surface area contributed by atoms with E-state index in [1.165, 1.54) is 0 Å². The molecule has 0 aromatic heterocycles. The number of rotatable bonds is 3. The number of aliphatic hydroxyl groups is 1. The van der Waals surface area contributed by atoms with Gasteiger partial charge in [-0.3, -0.25) is 4.79 Å². The molecule has 1 aliphatic heterocycles. The molecule has 1 rings (SSSR count). The third kappa shape index (κ3) is 3.79. The van der Waals surface area contributed by atoms with Gasteiger partial charge in [-0.05, 0) is 19.8 Å². The largest absolute Gasteiger partial charge is 0.466 e. The maximum Gasteiger partial charge on any atom is 0.308 e. The van der Waals surface area contributed by atoms with Crippen LogP contribution in [0.2, 0.25) is 0 Å². The van der Waals surface area contributed by atoms with Gasteiger partial charge < -0.3 is 9.84 Å². The van der Waals surface area contributed by atoms with Gasteiger partial charge in [0.25, 0.3) is 0 Å². The van der Waals surface area contributed by atoms with E-state index in [1.807, 2.05) is 0 Å². The van der Waals surface area contributed by atoms with Crippen molar-refractivity contribution >= 4 is 15.8 Å². The van der Waals surface area contributed by atoms with Gasteiger partial charge in [0.05, 0.1) is 30.1 Å². The summed E-state index contributed by atoms with van der Waals surface area (Å²) >= 11 is 0. The van der Waals surface area contributed by atoms with E-state index in [-0.39, 0.29) is 24.5 Å². The highest BCUT2D eigenvalue weighted by molar-refractivity contribution is 7.91. The van der Waals surface area contributed by atoms with E-state index in [4.69, 9.17) is 0 Å². The molecule has 1 atom stereocenters. The number of carbonyl (C=O) groups is 1. The van der Waals surface area contributed by atoms with Crippen LogP contribution in [0.1, 0.15) is 26.2 Å². The van der Waals surface area contributed by atoms with E-state index < -0.39 is 21.4 Å². The Morgan fingerprint density at radius 2 is 2.20 bits per heavy atom. The van der Waals surface area contributed by atoms with Gasteiger partial charge in [0, 0.05) is 0 Å². The molecule has 6 heteroatoms. The highest BCUT2D eigenvalue weighted by atomic mass is 32.2. The Kier molecular flexibility index (Phi) is 3.72. The molecule has 0 spiro atoms. The van der Waals surface area contributed by atoms with E-state index in [0.29, 0.717) is 12.8 Å². The lowest BCUT2D eigenvalue weighted by Crippen LogP contribution is -2.44. The van der Waals surface area contributed by atoms with Crippen molar-refractivity contribution in [3.8, 4) is 0 Å². The Morgan fingerprint density at radius 3 is 2.73 bits per heavy atom. The van der Waals surface area contributed by atoms with Crippen LogP contribution in [-0.4, -0.2) is 43.2 Å². The first-order chi connectivity index (χ1) is 6.87. The summed E-state index contributed by atoms with van der Waals surface area (Å²) in [7, 11) is -3.21. The van der Waals surface area contributed by atoms with Crippen molar-refractivity contribution in [2.24, 2.45) is 0 Å². The minimum Gasteiger partial charge on any atom is -0.466 e. The summed E-state index contributed by atoms with van der Waals surface area (Å²) in [6, 6.07) is 0. The first-order valence-corrected chi connectivity index (χ1v) is 6.77. The van der Waals surface area contributed by atoms with Crippen molar-refractivity contribution in [3.05, 3.63) is 0 Å². The van der Waals surface area contributed by atoms with Crippen molar-refractivity contribution in [2.75, 3.05) is 18.1 Å². The minimum absolute atomic E-state index is 0.0954. The monoisotopic (exact) mass is 236 g/mol. The zero-order valence-corrected chi connectivity index (χ0v) is 9.55. The molecular weight excluding hydrogens is 220 g/mol. The molecule has 88 valence electrons. The van der Waals surface area contributed by atoms with Crippen molar-refractivity contribution in [1.82, 2.24) is 0 Å². The minimum atomic E-state index is -3.21. The molecule has 0 radical (unpaired) electrons. The Hall–Kier alpha value is -0.620. The van der Waals surface area contributed by atoms with E-state index in [1.54, 1.807) is 6.92 Å². The predicted octanol–water partition coefficient (Wildman–Crippen LogP) is -0.121. The van der Waals surface area contributed by atoms with Crippen LogP contribution in [0.25, 0.3) is 0 Å². The fraction of sp³-hybridized carbons (Fsp3) is 0.889. The summed E-state index contributed by atoms with van der Waals surface area (Å²) < 4.78 is 27.3. The molecule has 0 bridgehead atoms. The van der Waals surface area contributed by atoms with Crippen LogP contribution < -0.4 is 0 Å². The summed E-state index contributed by atoms with van der Waals surface area (Å²) in [6.07, 6.45) is 0.503. The fourth-order valence-corrected chi connectivity index (χ4v) is 3.59. The molecule has 15 heavy (non-hydrogen) atoms. The van der Waals surface area contributed by atoms with Crippen LogP contribution in [0.15, 0.2) is 0 Å². The molecule has 0 aromatic carbocycles. The fourth-order valence-electron chi connectivity index (χ4n) is 1.79. The van der Waals surface area contributed by atoms with Crippen LogP contribution in [0.3, 0.4) is 0 Å². The topological polar surface area (TPSA) is 80.7 Å². The number of esters is 1. The lowest BCUT2D eigenvalue weighted by molar-refractivity contribution is -0.148. The van der Waals surface area contributed by atoms with Gasteiger partial charge in [0.2, 0.25) is 0 Å². The molecular formula is C9H16O5S. The third-order valence-corrected chi connectivity index (χ3v) is 4.25. The zero-order valence-electron chi connectivity index (χ0n) is 8.73. The summed E-state index contributed by atoms with van der Waals surface area (Å²) in [6.45, 7) is 1.90. The average molecular weight is 236 g/mol. The number of ether oxygens (including phenoxy) is 1. The van der Waals surface area contributed by atoms with E-state index >= 15 is 0 Å². The van der Waals surface area contributed by atoms with Gasteiger partial charge in [0.15, 0.2) is 9.84 Å². The molecule has 1 fully saturated rings. The van der Waals surface area contributed by atoms with E-state index in [2.05, 4.69) is 4.74 Å². The zero-order chi connectivity index (χ0) is 11.5. The Balaban J connectivity index is 2.62. The van der Waals surface area contributed by atoms with Crippen LogP contribution in [0.5, 0.6) is 0 Å². The number of sulfone groups is 1.